The molecule has 4 nitrogen and oxygen atoms in total. The maximum absolute atomic E-state index is 12.2. The number of nitrogens with zero attached hydrogens (tertiary/aromatic N) is 2. The fourth-order valence-electron chi connectivity index (χ4n) is 3.30. The molecule has 0 spiro atoms. The third-order valence-electron chi connectivity index (χ3n) is 4.71. The Kier molecular flexibility index (Phi) is 6.06. The van der Waals surface area contributed by atoms with Gasteiger partial charge in [0.2, 0.25) is 5.91 Å². The minimum atomic E-state index is -0.174. The van der Waals surface area contributed by atoms with Crippen LogP contribution < -0.4 is 5.32 Å². The fraction of sp³-hybridized carbons (Fsp3) is 0.0400. The van der Waals surface area contributed by atoms with Crippen LogP contribution in [0.4, 0.5) is 5.69 Å². The molecule has 1 heterocycles. The number of amides is 1. The molecule has 1 unspecified atom stereocenters. The Balaban J connectivity index is 1.52. The SMILES string of the molecule is O=C(/C=C\c1ccccc1)Nc1ccc(C(c2cccc(Cl)c2)n2ccnc2)cc1. The Hall–Kier alpha value is -3.63. The van der Waals surface area contributed by atoms with Gasteiger partial charge in [0.1, 0.15) is 0 Å². The van der Waals surface area contributed by atoms with Crippen LogP contribution in [0.2, 0.25) is 5.02 Å². The molecule has 3 aromatic carbocycles. The van der Waals surface area contributed by atoms with E-state index in [0.717, 1.165) is 22.4 Å². The van der Waals surface area contributed by atoms with Gasteiger partial charge in [0.05, 0.1) is 12.4 Å². The van der Waals surface area contributed by atoms with Gasteiger partial charge in [-0.25, -0.2) is 4.98 Å². The summed E-state index contributed by atoms with van der Waals surface area (Å²) >= 11 is 6.22. The molecule has 30 heavy (non-hydrogen) atoms. The first kappa shape index (κ1) is 19.7. The lowest BCUT2D eigenvalue weighted by Crippen LogP contribution is -2.11. The van der Waals surface area contributed by atoms with Crippen molar-refractivity contribution in [2.75, 3.05) is 5.32 Å². The molecular weight excluding hydrogens is 394 g/mol. The second kappa shape index (κ2) is 9.25. The van der Waals surface area contributed by atoms with E-state index in [1.165, 1.54) is 6.08 Å². The van der Waals surface area contributed by atoms with E-state index in [1.54, 1.807) is 18.6 Å². The fourth-order valence-corrected chi connectivity index (χ4v) is 3.50. The summed E-state index contributed by atoms with van der Waals surface area (Å²) in [5.41, 5.74) is 3.83. The minimum Gasteiger partial charge on any atom is -0.326 e. The number of carbonyl (C=O) groups is 1. The van der Waals surface area contributed by atoms with Gasteiger partial charge >= 0.3 is 0 Å². The van der Waals surface area contributed by atoms with Crippen molar-refractivity contribution in [3.05, 3.63) is 125 Å². The quantitative estimate of drug-likeness (QED) is 0.404. The van der Waals surface area contributed by atoms with Gasteiger partial charge in [0.15, 0.2) is 0 Å². The molecule has 1 amide bonds. The van der Waals surface area contributed by atoms with Crippen LogP contribution in [0, 0.1) is 0 Å². The molecule has 4 aromatic rings. The topological polar surface area (TPSA) is 46.9 Å². The number of anilines is 1. The first-order chi connectivity index (χ1) is 14.7. The zero-order chi connectivity index (χ0) is 20.8. The molecule has 0 saturated carbocycles. The Morgan fingerprint density at radius 2 is 1.77 bits per heavy atom. The van der Waals surface area contributed by atoms with E-state index in [0.29, 0.717) is 5.02 Å². The van der Waals surface area contributed by atoms with Gasteiger partial charge in [0, 0.05) is 29.2 Å². The smallest absolute Gasteiger partial charge is 0.248 e. The maximum atomic E-state index is 12.2. The summed E-state index contributed by atoms with van der Waals surface area (Å²) in [5.74, 6) is -0.174. The molecule has 0 saturated heterocycles. The molecule has 0 aliphatic carbocycles. The summed E-state index contributed by atoms with van der Waals surface area (Å²) in [6.45, 7) is 0. The van der Waals surface area contributed by atoms with Crippen molar-refractivity contribution in [1.82, 2.24) is 9.55 Å². The van der Waals surface area contributed by atoms with Crippen LogP contribution >= 0.6 is 11.6 Å². The van der Waals surface area contributed by atoms with Crippen LogP contribution in [0.5, 0.6) is 0 Å². The zero-order valence-electron chi connectivity index (χ0n) is 16.2. The second-order valence-electron chi connectivity index (χ2n) is 6.82. The molecule has 1 aromatic heterocycles. The average molecular weight is 414 g/mol. The van der Waals surface area contributed by atoms with Crippen molar-refractivity contribution in [3.8, 4) is 0 Å². The molecule has 148 valence electrons. The molecule has 5 heteroatoms. The van der Waals surface area contributed by atoms with Crippen molar-refractivity contribution in [2.24, 2.45) is 0 Å². The highest BCUT2D eigenvalue weighted by atomic mass is 35.5. The first-order valence-corrected chi connectivity index (χ1v) is 9.94. The number of hydrogen-bond donors (Lipinski definition) is 1. The lowest BCUT2D eigenvalue weighted by molar-refractivity contribution is -0.111. The molecule has 0 radical (unpaired) electrons. The molecule has 1 atom stereocenters. The monoisotopic (exact) mass is 413 g/mol. The second-order valence-corrected chi connectivity index (χ2v) is 7.26. The molecule has 0 bridgehead atoms. The summed E-state index contributed by atoms with van der Waals surface area (Å²) in [6, 6.07) is 25.3. The van der Waals surface area contributed by atoms with Crippen LogP contribution in [0.3, 0.4) is 0 Å². The predicted molar refractivity (Wildman–Crippen MR) is 121 cm³/mol. The van der Waals surface area contributed by atoms with Crippen LogP contribution in [-0.4, -0.2) is 15.5 Å². The number of benzene rings is 3. The number of hydrogen-bond acceptors (Lipinski definition) is 2. The standard InChI is InChI=1S/C25H20ClN3O/c26-22-8-4-7-21(17-22)25(29-16-15-27-18-29)20-10-12-23(13-11-20)28-24(30)14-9-19-5-2-1-3-6-19/h1-18,25H,(H,28,30)/b14-9-. The van der Waals surface area contributed by atoms with E-state index < -0.39 is 0 Å². The van der Waals surface area contributed by atoms with Crippen molar-refractivity contribution in [1.29, 1.82) is 0 Å². The van der Waals surface area contributed by atoms with Crippen LogP contribution in [0.1, 0.15) is 22.7 Å². The van der Waals surface area contributed by atoms with Crippen molar-refractivity contribution < 1.29 is 4.79 Å². The van der Waals surface area contributed by atoms with Crippen LogP contribution in [0.15, 0.2) is 104 Å². The number of imidazole rings is 1. The lowest BCUT2D eigenvalue weighted by atomic mass is 9.98. The van der Waals surface area contributed by atoms with Gasteiger partial charge in [-0.3, -0.25) is 4.79 Å². The zero-order valence-corrected chi connectivity index (χ0v) is 16.9. The van der Waals surface area contributed by atoms with Crippen molar-refractivity contribution >= 4 is 29.3 Å². The number of aromatic nitrogens is 2. The summed E-state index contributed by atoms with van der Waals surface area (Å²) in [5, 5.41) is 3.58. The van der Waals surface area contributed by atoms with Gasteiger partial charge in [-0.15, -0.1) is 0 Å². The summed E-state index contributed by atoms with van der Waals surface area (Å²) in [6.07, 6.45) is 8.79. The van der Waals surface area contributed by atoms with Gasteiger partial charge in [-0.05, 0) is 47.0 Å². The highest BCUT2D eigenvalue weighted by Gasteiger charge is 2.16. The molecule has 0 aliphatic rings. The molecule has 0 fully saturated rings. The summed E-state index contributed by atoms with van der Waals surface area (Å²) < 4.78 is 2.03. The highest BCUT2D eigenvalue weighted by Crippen LogP contribution is 2.29. The summed E-state index contributed by atoms with van der Waals surface area (Å²) in [7, 11) is 0. The Labute approximate surface area is 180 Å². The van der Waals surface area contributed by atoms with E-state index in [9.17, 15) is 4.79 Å². The largest absolute Gasteiger partial charge is 0.326 e. The van der Waals surface area contributed by atoms with E-state index >= 15 is 0 Å². The summed E-state index contributed by atoms with van der Waals surface area (Å²) in [4.78, 5) is 16.4. The van der Waals surface area contributed by atoms with Crippen LogP contribution in [-0.2, 0) is 4.79 Å². The molecular formula is C25H20ClN3O. The van der Waals surface area contributed by atoms with Crippen LogP contribution in [0.25, 0.3) is 6.08 Å². The lowest BCUT2D eigenvalue weighted by Gasteiger charge is -2.20. The molecule has 0 aliphatic heterocycles. The van der Waals surface area contributed by atoms with Crippen molar-refractivity contribution in [3.63, 3.8) is 0 Å². The third kappa shape index (κ3) is 4.85. The van der Waals surface area contributed by atoms with Gasteiger partial charge in [0.25, 0.3) is 0 Å². The van der Waals surface area contributed by atoms with E-state index in [2.05, 4.69) is 10.3 Å². The molecule has 4 rings (SSSR count). The Bertz CT molecular complexity index is 1140. The highest BCUT2D eigenvalue weighted by molar-refractivity contribution is 6.30. The van der Waals surface area contributed by atoms with E-state index in [1.807, 2.05) is 89.6 Å². The average Bonchev–Trinajstić information content (AvgIpc) is 3.29. The predicted octanol–water partition coefficient (Wildman–Crippen LogP) is 5.83. The number of carbonyl (C=O) groups excluding carboxylic acids is 1. The third-order valence-corrected chi connectivity index (χ3v) is 4.94. The normalized spacial score (nSPS) is 12.0. The maximum Gasteiger partial charge on any atom is 0.248 e. The van der Waals surface area contributed by atoms with E-state index in [4.69, 9.17) is 11.6 Å². The number of nitrogens with one attached hydrogen (secondary N) is 1. The molecule has 1 N–H and O–H groups in total. The number of rotatable bonds is 6. The van der Waals surface area contributed by atoms with E-state index in [-0.39, 0.29) is 11.9 Å². The minimum absolute atomic E-state index is 0.0612. The Morgan fingerprint density at radius 1 is 0.967 bits per heavy atom. The number of halogens is 1. The van der Waals surface area contributed by atoms with Crippen molar-refractivity contribution in [2.45, 2.75) is 6.04 Å². The Morgan fingerprint density at radius 3 is 2.47 bits per heavy atom. The van der Waals surface area contributed by atoms with Gasteiger partial charge in [-0.2, -0.15) is 0 Å². The van der Waals surface area contributed by atoms with Gasteiger partial charge < -0.3 is 9.88 Å². The first-order valence-electron chi connectivity index (χ1n) is 9.56. The van der Waals surface area contributed by atoms with Gasteiger partial charge in [-0.1, -0.05) is 66.2 Å².